The Hall–Kier alpha value is -1.02. The predicted octanol–water partition coefficient (Wildman–Crippen LogP) is 1.39. The Morgan fingerprint density at radius 2 is 1.95 bits per heavy atom. The molecular weight excluding hydrogens is 328 g/mol. The van der Waals surface area contributed by atoms with Gasteiger partial charge in [0.25, 0.3) is 0 Å². The lowest BCUT2D eigenvalue weighted by Gasteiger charge is -2.30. The topological polar surface area (TPSA) is 76.7 Å². The van der Waals surface area contributed by atoms with Crippen molar-refractivity contribution in [1.29, 1.82) is 0 Å². The number of halogens is 1. The first-order valence-electron chi connectivity index (χ1n) is 7.29. The molecule has 2 aliphatic heterocycles. The average molecular weight is 347 g/mol. The molecule has 2 aliphatic rings. The molecule has 1 fully saturated rings. The van der Waals surface area contributed by atoms with E-state index >= 15 is 0 Å². The molecule has 3 rings (SSSR count). The minimum atomic E-state index is -3.71. The molecule has 1 aromatic rings. The van der Waals surface area contributed by atoms with Crippen molar-refractivity contribution in [1.82, 2.24) is 10.0 Å². The molecule has 8 heteroatoms. The summed E-state index contributed by atoms with van der Waals surface area (Å²) in [6.45, 7) is 4.39. The summed E-state index contributed by atoms with van der Waals surface area (Å²) in [5.41, 5.74) is 0. The van der Waals surface area contributed by atoms with Gasteiger partial charge < -0.3 is 14.8 Å². The number of sulfonamides is 1. The van der Waals surface area contributed by atoms with E-state index in [1.54, 1.807) is 0 Å². The number of fused-ring (bicyclic) bond motifs is 1. The van der Waals surface area contributed by atoms with Gasteiger partial charge in [0.1, 0.15) is 18.1 Å². The molecule has 2 unspecified atom stereocenters. The van der Waals surface area contributed by atoms with Crippen molar-refractivity contribution in [3.8, 4) is 11.5 Å². The predicted molar refractivity (Wildman–Crippen MR) is 83.2 cm³/mol. The van der Waals surface area contributed by atoms with E-state index in [9.17, 15) is 8.42 Å². The SMILES string of the molecule is CC1CCNCC1NS(=O)(=O)c1cc2c(cc1Cl)OCCO2. The van der Waals surface area contributed by atoms with E-state index in [-0.39, 0.29) is 21.9 Å². The maximum atomic E-state index is 12.6. The Balaban J connectivity index is 1.88. The lowest BCUT2D eigenvalue weighted by Crippen LogP contribution is -2.50. The molecule has 6 nitrogen and oxygen atoms in total. The summed E-state index contributed by atoms with van der Waals surface area (Å²) in [7, 11) is -3.71. The van der Waals surface area contributed by atoms with Crippen LogP contribution < -0.4 is 19.5 Å². The Labute approximate surface area is 135 Å². The third-order valence-electron chi connectivity index (χ3n) is 4.02. The van der Waals surface area contributed by atoms with Gasteiger partial charge in [-0.05, 0) is 18.9 Å². The number of benzene rings is 1. The first-order valence-corrected chi connectivity index (χ1v) is 9.15. The maximum Gasteiger partial charge on any atom is 0.242 e. The molecule has 0 aliphatic carbocycles. The van der Waals surface area contributed by atoms with Crippen LogP contribution in [0.2, 0.25) is 5.02 Å². The number of hydrogen-bond acceptors (Lipinski definition) is 5. The molecule has 2 N–H and O–H groups in total. The highest BCUT2D eigenvalue weighted by Gasteiger charge is 2.29. The van der Waals surface area contributed by atoms with Gasteiger partial charge in [-0.15, -0.1) is 0 Å². The maximum absolute atomic E-state index is 12.6. The highest BCUT2D eigenvalue weighted by molar-refractivity contribution is 7.89. The summed E-state index contributed by atoms with van der Waals surface area (Å²) in [5.74, 6) is 1.15. The zero-order chi connectivity index (χ0) is 15.7. The minimum absolute atomic E-state index is 0.0243. The fraction of sp³-hybridized carbons (Fsp3) is 0.571. The summed E-state index contributed by atoms with van der Waals surface area (Å²) in [4.78, 5) is 0.0243. The zero-order valence-electron chi connectivity index (χ0n) is 12.3. The Morgan fingerprint density at radius 3 is 2.64 bits per heavy atom. The van der Waals surface area contributed by atoms with E-state index in [0.717, 1.165) is 13.0 Å². The van der Waals surface area contributed by atoms with Gasteiger partial charge in [-0.2, -0.15) is 0 Å². The van der Waals surface area contributed by atoms with Crippen molar-refractivity contribution in [3.63, 3.8) is 0 Å². The first kappa shape index (κ1) is 15.9. The molecule has 1 saturated heterocycles. The van der Waals surface area contributed by atoms with Gasteiger partial charge in [0, 0.05) is 24.7 Å². The smallest absolute Gasteiger partial charge is 0.242 e. The van der Waals surface area contributed by atoms with Crippen LogP contribution in [0.25, 0.3) is 0 Å². The van der Waals surface area contributed by atoms with Gasteiger partial charge in [0.05, 0.1) is 5.02 Å². The van der Waals surface area contributed by atoms with Crippen molar-refractivity contribution < 1.29 is 17.9 Å². The van der Waals surface area contributed by atoms with E-state index in [0.29, 0.717) is 31.3 Å². The molecule has 0 amide bonds. The summed E-state index contributed by atoms with van der Waals surface area (Å²) < 4.78 is 38.8. The monoisotopic (exact) mass is 346 g/mol. The highest BCUT2D eigenvalue weighted by atomic mass is 35.5. The summed E-state index contributed by atoms with van der Waals surface area (Å²) in [5, 5.41) is 3.33. The molecule has 0 saturated carbocycles. The van der Waals surface area contributed by atoms with Crippen molar-refractivity contribution in [2.45, 2.75) is 24.3 Å². The minimum Gasteiger partial charge on any atom is -0.486 e. The highest BCUT2D eigenvalue weighted by Crippen LogP contribution is 2.37. The van der Waals surface area contributed by atoms with Gasteiger partial charge in [0.15, 0.2) is 11.5 Å². The van der Waals surface area contributed by atoms with Crippen LogP contribution in [0.3, 0.4) is 0 Å². The quantitative estimate of drug-likeness (QED) is 0.865. The number of piperidine rings is 1. The molecule has 1 aromatic carbocycles. The first-order chi connectivity index (χ1) is 10.5. The van der Waals surface area contributed by atoms with Crippen LogP contribution in [0.1, 0.15) is 13.3 Å². The van der Waals surface area contributed by atoms with Gasteiger partial charge >= 0.3 is 0 Å². The number of hydrogen-bond donors (Lipinski definition) is 2. The molecular formula is C14H19ClN2O4S. The largest absolute Gasteiger partial charge is 0.486 e. The van der Waals surface area contributed by atoms with E-state index in [1.165, 1.54) is 12.1 Å². The standard InChI is InChI=1S/C14H19ClN2O4S/c1-9-2-3-16-8-11(9)17-22(18,19)14-7-13-12(6-10(14)15)20-4-5-21-13/h6-7,9,11,16-17H,2-5,8H2,1H3. The number of rotatable bonds is 3. The Kier molecular flexibility index (Phi) is 4.49. The Bertz CT molecular complexity index is 665. The van der Waals surface area contributed by atoms with Gasteiger partial charge in [-0.25, -0.2) is 13.1 Å². The molecule has 2 atom stereocenters. The third-order valence-corrected chi connectivity index (χ3v) is 5.97. The second kappa shape index (κ2) is 6.23. The fourth-order valence-electron chi connectivity index (χ4n) is 2.66. The third kappa shape index (κ3) is 3.17. The zero-order valence-corrected chi connectivity index (χ0v) is 13.8. The summed E-state index contributed by atoms with van der Waals surface area (Å²) >= 11 is 6.13. The van der Waals surface area contributed by atoms with Gasteiger partial charge in [-0.3, -0.25) is 0 Å². The lowest BCUT2D eigenvalue weighted by molar-refractivity contribution is 0.171. The van der Waals surface area contributed by atoms with Crippen LogP contribution in [0.15, 0.2) is 17.0 Å². The molecule has 0 bridgehead atoms. The second-order valence-corrected chi connectivity index (χ2v) is 7.71. The normalized spacial score (nSPS) is 25.0. The average Bonchev–Trinajstić information content (AvgIpc) is 2.48. The molecule has 2 heterocycles. The van der Waals surface area contributed by atoms with Crippen molar-refractivity contribution in [2.75, 3.05) is 26.3 Å². The van der Waals surface area contributed by atoms with E-state index < -0.39 is 10.0 Å². The second-order valence-electron chi connectivity index (χ2n) is 5.62. The summed E-state index contributed by atoms with van der Waals surface area (Å²) in [6.07, 6.45) is 0.933. The Morgan fingerprint density at radius 1 is 1.27 bits per heavy atom. The molecule has 0 radical (unpaired) electrons. The molecule has 0 aromatic heterocycles. The van der Waals surface area contributed by atoms with Gasteiger partial charge in [-0.1, -0.05) is 18.5 Å². The fourth-order valence-corrected chi connectivity index (χ4v) is 4.54. The van der Waals surface area contributed by atoms with Crippen LogP contribution in [-0.2, 0) is 10.0 Å². The van der Waals surface area contributed by atoms with Crippen LogP contribution in [0.5, 0.6) is 11.5 Å². The van der Waals surface area contributed by atoms with Crippen LogP contribution in [0.4, 0.5) is 0 Å². The molecule has 22 heavy (non-hydrogen) atoms. The number of ether oxygens (including phenoxy) is 2. The van der Waals surface area contributed by atoms with Crippen molar-refractivity contribution in [3.05, 3.63) is 17.2 Å². The van der Waals surface area contributed by atoms with E-state index in [1.807, 2.05) is 6.92 Å². The van der Waals surface area contributed by atoms with E-state index in [4.69, 9.17) is 21.1 Å². The molecule has 0 spiro atoms. The van der Waals surface area contributed by atoms with Crippen LogP contribution >= 0.6 is 11.6 Å². The lowest BCUT2D eigenvalue weighted by atomic mass is 9.96. The summed E-state index contributed by atoms with van der Waals surface area (Å²) in [6, 6.07) is 2.77. The van der Waals surface area contributed by atoms with Crippen LogP contribution in [0, 0.1) is 5.92 Å². The molecule has 122 valence electrons. The van der Waals surface area contributed by atoms with Crippen molar-refractivity contribution >= 4 is 21.6 Å². The van der Waals surface area contributed by atoms with Crippen LogP contribution in [-0.4, -0.2) is 40.8 Å². The van der Waals surface area contributed by atoms with E-state index in [2.05, 4.69) is 10.0 Å². The van der Waals surface area contributed by atoms with Crippen molar-refractivity contribution in [2.24, 2.45) is 5.92 Å². The number of nitrogens with one attached hydrogen (secondary N) is 2. The van der Waals surface area contributed by atoms with Gasteiger partial charge in [0.2, 0.25) is 10.0 Å².